The van der Waals surface area contributed by atoms with Crippen molar-refractivity contribution in [1.29, 1.82) is 0 Å². The van der Waals surface area contributed by atoms with Crippen molar-refractivity contribution >= 4 is 0 Å². The average molecular weight is 226 g/mol. The molecule has 1 fully saturated rings. The van der Waals surface area contributed by atoms with Gasteiger partial charge >= 0.3 is 0 Å². The zero-order valence-electron chi connectivity index (χ0n) is 9.20. The molecule has 0 unspecified atom stereocenters. The highest BCUT2D eigenvalue weighted by molar-refractivity contribution is 5.66. The average Bonchev–Trinajstić information content (AvgIpc) is 3.00. The number of nitrogens with zero attached hydrogens (tertiary/aromatic N) is 1. The van der Waals surface area contributed by atoms with E-state index in [1.54, 1.807) is 18.3 Å². The molecule has 0 bridgehead atoms. The van der Waals surface area contributed by atoms with Crippen molar-refractivity contribution in [2.45, 2.75) is 18.3 Å². The van der Waals surface area contributed by atoms with Gasteiger partial charge in [-0.2, -0.15) is 5.10 Å². The summed E-state index contributed by atoms with van der Waals surface area (Å²) >= 11 is 0. The topological polar surface area (TPSA) is 28.7 Å². The van der Waals surface area contributed by atoms with Gasteiger partial charge in [-0.25, -0.2) is 4.39 Å². The van der Waals surface area contributed by atoms with Gasteiger partial charge in [-0.3, -0.25) is 5.10 Å². The number of nitrogens with one attached hydrogen (secondary N) is 1. The van der Waals surface area contributed by atoms with Crippen LogP contribution in [-0.4, -0.2) is 10.2 Å². The van der Waals surface area contributed by atoms with Gasteiger partial charge in [0.1, 0.15) is 5.82 Å². The van der Waals surface area contributed by atoms with E-state index >= 15 is 0 Å². The van der Waals surface area contributed by atoms with E-state index in [0.717, 1.165) is 29.7 Å². The lowest BCUT2D eigenvalue weighted by molar-refractivity contribution is 0.628. The molecule has 1 aliphatic carbocycles. The lowest BCUT2D eigenvalue weighted by Crippen LogP contribution is -2.02. The molecule has 2 nitrogen and oxygen atoms in total. The standard InChI is InChI=1S/C14H11FN2/c1-2-14(7-8-14)12-9-16-17-13(12)10-3-5-11(15)6-4-10/h1,3-6,9H,7-8H2,(H,16,17). The Balaban J connectivity index is 2.08. The zero-order chi connectivity index (χ0) is 11.9. The Morgan fingerprint density at radius 2 is 2.00 bits per heavy atom. The lowest BCUT2D eigenvalue weighted by atomic mass is 9.94. The second-order valence-corrected chi connectivity index (χ2v) is 4.39. The number of hydrogen-bond donors (Lipinski definition) is 1. The van der Waals surface area contributed by atoms with Gasteiger partial charge in [-0.05, 0) is 37.1 Å². The second-order valence-electron chi connectivity index (χ2n) is 4.39. The van der Waals surface area contributed by atoms with Gasteiger partial charge in [0.2, 0.25) is 0 Å². The van der Waals surface area contributed by atoms with E-state index in [1.807, 2.05) is 0 Å². The number of hydrogen-bond acceptors (Lipinski definition) is 1. The molecule has 0 spiro atoms. The van der Waals surface area contributed by atoms with Crippen LogP contribution in [0.15, 0.2) is 30.5 Å². The fourth-order valence-corrected chi connectivity index (χ4v) is 2.10. The zero-order valence-corrected chi connectivity index (χ0v) is 9.20. The molecule has 3 rings (SSSR count). The third-order valence-corrected chi connectivity index (χ3v) is 3.31. The van der Waals surface area contributed by atoms with Crippen LogP contribution in [0.3, 0.4) is 0 Å². The maximum Gasteiger partial charge on any atom is 0.123 e. The highest BCUT2D eigenvalue weighted by Crippen LogP contribution is 2.50. The van der Waals surface area contributed by atoms with Crippen LogP contribution in [0.25, 0.3) is 11.3 Å². The summed E-state index contributed by atoms with van der Waals surface area (Å²) in [6, 6.07) is 6.35. The molecule has 1 heterocycles. The predicted molar refractivity (Wildman–Crippen MR) is 63.7 cm³/mol. The van der Waals surface area contributed by atoms with E-state index in [4.69, 9.17) is 6.42 Å². The number of H-pyrrole nitrogens is 1. The van der Waals surface area contributed by atoms with Crippen molar-refractivity contribution in [2.24, 2.45) is 0 Å². The number of halogens is 1. The van der Waals surface area contributed by atoms with Gasteiger partial charge in [0.15, 0.2) is 0 Å². The fraction of sp³-hybridized carbons (Fsp3) is 0.214. The van der Waals surface area contributed by atoms with Crippen molar-refractivity contribution in [3.63, 3.8) is 0 Å². The molecule has 1 aliphatic rings. The quantitative estimate of drug-likeness (QED) is 0.784. The number of rotatable bonds is 2. The molecule has 2 aromatic rings. The SMILES string of the molecule is C#CC1(c2cn[nH]c2-c2ccc(F)cc2)CC1. The Hall–Kier alpha value is -2.08. The first-order chi connectivity index (χ1) is 8.25. The van der Waals surface area contributed by atoms with Crippen molar-refractivity contribution in [1.82, 2.24) is 10.2 Å². The van der Waals surface area contributed by atoms with Crippen LogP contribution in [-0.2, 0) is 5.41 Å². The first-order valence-corrected chi connectivity index (χ1v) is 5.53. The molecule has 1 aromatic heterocycles. The second kappa shape index (κ2) is 3.46. The van der Waals surface area contributed by atoms with Crippen molar-refractivity contribution in [3.8, 4) is 23.6 Å². The van der Waals surface area contributed by atoms with Gasteiger partial charge < -0.3 is 0 Å². The van der Waals surface area contributed by atoms with Crippen LogP contribution >= 0.6 is 0 Å². The van der Waals surface area contributed by atoms with Crippen LogP contribution in [0.5, 0.6) is 0 Å². The first kappa shape index (κ1) is 10.1. The molecule has 0 amide bonds. The van der Waals surface area contributed by atoms with E-state index in [0.29, 0.717) is 0 Å². The van der Waals surface area contributed by atoms with Crippen LogP contribution in [0.1, 0.15) is 18.4 Å². The lowest BCUT2D eigenvalue weighted by Gasteiger charge is -2.08. The number of aromatic nitrogens is 2. The van der Waals surface area contributed by atoms with Gasteiger partial charge in [-0.1, -0.05) is 5.92 Å². The normalized spacial score (nSPS) is 16.5. The van der Waals surface area contributed by atoms with Gasteiger partial charge in [0, 0.05) is 11.1 Å². The Morgan fingerprint density at radius 1 is 1.29 bits per heavy atom. The molecule has 3 heteroatoms. The van der Waals surface area contributed by atoms with Crippen LogP contribution in [0, 0.1) is 18.2 Å². The maximum atomic E-state index is 12.9. The molecule has 0 atom stereocenters. The van der Waals surface area contributed by atoms with Crippen LogP contribution < -0.4 is 0 Å². The van der Waals surface area contributed by atoms with E-state index in [1.165, 1.54) is 12.1 Å². The van der Waals surface area contributed by atoms with E-state index in [2.05, 4.69) is 16.1 Å². The summed E-state index contributed by atoms with van der Waals surface area (Å²) in [6.45, 7) is 0. The largest absolute Gasteiger partial charge is 0.278 e. The van der Waals surface area contributed by atoms with Crippen LogP contribution in [0.4, 0.5) is 4.39 Å². The third kappa shape index (κ3) is 1.53. The highest BCUT2D eigenvalue weighted by atomic mass is 19.1. The molecule has 0 saturated heterocycles. The van der Waals surface area contributed by atoms with Crippen molar-refractivity contribution < 1.29 is 4.39 Å². The van der Waals surface area contributed by atoms with Crippen molar-refractivity contribution in [2.75, 3.05) is 0 Å². The summed E-state index contributed by atoms with van der Waals surface area (Å²) in [5, 5.41) is 7.01. The molecule has 1 aromatic carbocycles. The van der Waals surface area contributed by atoms with E-state index in [-0.39, 0.29) is 11.2 Å². The summed E-state index contributed by atoms with van der Waals surface area (Å²) < 4.78 is 12.9. The molecule has 84 valence electrons. The third-order valence-electron chi connectivity index (χ3n) is 3.31. The Bertz CT molecular complexity index is 585. The molecular weight excluding hydrogens is 215 g/mol. The number of terminal acetylenes is 1. The summed E-state index contributed by atoms with van der Waals surface area (Å²) in [4.78, 5) is 0. The molecule has 1 N–H and O–H groups in total. The predicted octanol–water partition coefficient (Wildman–Crippen LogP) is 2.88. The maximum absolute atomic E-state index is 12.9. The first-order valence-electron chi connectivity index (χ1n) is 5.53. The van der Waals surface area contributed by atoms with Crippen LogP contribution in [0.2, 0.25) is 0 Å². The minimum atomic E-state index is -0.243. The number of benzene rings is 1. The van der Waals surface area contributed by atoms with E-state index < -0.39 is 0 Å². The molecule has 1 saturated carbocycles. The van der Waals surface area contributed by atoms with Gasteiger partial charge in [-0.15, -0.1) is 6.42 Å². The Morgan fingerprint density at radius 3 is 2.59 bits per heavy atom. The Labute approximate surface area is 98.9 Å². The molecule has 17 heavy (non-hydrogen) atoms. The van der Waals surface area contributed by atoms with Gasteiger partial charge in [0.25, 0.3) is 0 Å². The smallest absolute Gasteiger partial charge is 0.123 e. The fourth-order valence-electron chi connectivity index (χ4n) is 2.10. The minimum Gasteiger partial charge on any atom is -0.278 e. The minimum absolute atomic E-state index is 0.156. The van der Waals surface area contributed by atoms with Gasteiger partial charge in [0.05, 0.1) is 17.3 Å². The molecular formula is C14H11FN2. The highest BCUT2D eigenvalue weighted by Gasteiger charge is 2.45. The van der Waals surface area contributed by atoms with Crippen molar-refractivity contribution in [3.05, 3.63) is 41.8 Å². The summed E-state index contributed by atoms with van der Waals surface area (Å²) in [7, 11) is 0. The molecule has 0 radical (unpaired) electrons. The Kier molecular flexibility index (Phi) is 2.05. The summed E-state index contributed by atoms with van der Waals surface area (Å²) in [5.41, 5.74) is 2.71. The summed E-state index contributed by atoms with van der Waals surface area (Å²) in [5.74, 6) is 2.60. The molecule has 0 aliphatic heterocycles. The van der Waals surface area contributed by atoms with E-state index in [9.17, 15) is 4.39 Å². The summed E-state index contributed by atoms with van der Waals surface area (Å²) in [6.07, 6.45) is 9.36. The number of aromatic amines is 1. The monoisotopic (exact) mass is 226 g/mol.